The second-order valence-corrected chi connectivity index (χ2v) is 6.36. The highest BCUT2D eigenvalue weighted by molar-refractivity contribution is 6.31. The molecule has 1 aliphatic rings. The van der Waals surface area contributed by atoms with Crippen LogP contribution in [0.2, 0.25) is 5.02 Å². The molecule has 19 heavy (non-hydrogen) atoms. The first kappa shape index (κ1) is 14.9. The molecule has 1 aliphatic carbocycles. The van der Waals surface area contributed by atoms with Crippen LogP contribution in [0.4, 0.5) is 0 Å². The normalized spacial score (nSPS) is 27.7. The van der Waals surface area contributed by atoms with Crippen LogP contribution in [0, 0.1) is 5.92 Å². The number of aromatic nitrogens is 2. The Labute approximate surface area is 121 Å². The van der Waals surface area contributed by atoms with E-state index in [0.717, 1.165) is 48.6 Å². The first-order chi connectivity index (χ1) is 8.99. The highest BCUT2D eigenvalue weighted by Gasteiger charge is 2.34. The van der Waals surface area contributed by atoms with Gasteiger partial charge in [-0.1, -0.05) is 38.3 Å². The quantitative estimate of drug-likeness (QED) is 0.917. The molecule has 108 valence electrons. The highest BCUT2D eigenvalue weighted by atomic mass is 35.5. The third-order valence-electron chi connectivity index (χ3n) is 4.26. The topological polar surface area (TPSA) is 38.0 Å². The standard InChI is InChI=1S/C15H25ClN2O/c1-4-12-14(16)13(18(5-2)17-12)10-15(19)8-6-7-11(3)9-15/h11,19H,4-10H2,1-3H3. The van der Waals surface area contributed by atoms with E-state index in [1.54, 1.807) is 0 Å². The van der Waals surface area contributed by atoms with E-state index in [1.807, 2.05) is 4.68 Å². The molecule has 3 nitrogen and oxygen atoms in total. The van der Waals surface area contributed by atoms with E-state index in [1.165, 1.54) is 6.42 Å². The van der Waals surface area contributed by atoms with Gasteiger partial charge >= 0.3 is 0 Å². The Hall–Kier alpha value is -0.540. The van der Waals surface area contributed by atoms with E-state index < -0.39 is 5.60 Å². The Bertz CT molecular complexity index is 444. The van der Waals surface area contributed by atoms with Gasteiger partial charge in [-0.05, 0) is 32.1 Å². The first-order valence-electron chi connectivity index (χ1n) is 7.45. The number of nitrogens with zero attached hydrogens (tertiary/aromatic N) is 2. The predicted molar refractivity (Wildman–Crippen MR) is 78.6 cm³/mol. The molecule has 0 saturated heterocycles. The van der Waals surface area contributed by atoms with Crippen LogP contribution in [0.1, 0.15) is 57.8 Å². The van der Waals surface area contributed by atoms with Crippen molar-refractivity contribution >= 4 is 11.6 Å². The van der Waals surface area contributed by atoms with Crippen molar-refractivity contribution in [1.29, 1.82) is 0 Å². The summed E-state index contributed by atoms with van der Waals surface area (Å²) < 4.78 is 1.96. The fourth-order valence-corrected chi connectivity index (χ4v) is 3.63. The molecule has 1 aromatic rings. The lowest BCUT2D eigenvalue weighted by atomic mass is 9.76. The molecule has 2 atom stereocenters. The summed E-state index contributed by atoms with van der Waals surface area (Å²) in [6.07, 6.45) is 5.56. The first-order valence-corrected chi connectivity index (χ1v) is 7.83. The van der Waals surface area contributed by atoms with E-state index in [-0.39, 0.29) is 0 Å². The van der Waals surface area contributed by atoms with Crippen molar-refractivity contribution in [2.75, 3.05) is 0 Å². The molecule has 0 aliphatic heterocycles. The van der Waals surface area contributed by atoms with Crippen molar-refractivity contribution < 1.29 is 5.11 Å². The Balaban J connectivity index is 2.24. The largest absolute Gasteiger partial charge is 0.389 e. The Morgan fingerprint density at radius 2 is 2.21 bits per heavy atom. The number of halogens is 1. The van der Waals surface area contributed by atoms with Gasteiger partial charge in [-0.3, -0.25) is 4.68 Å². The summed E-state index contributed by atoms with van der Waals surface area (Å²) in [6, 6.07) is 0. The summed E-state index contributed by atoms with van der Waals surface area (Å²) in [7, 11) is 0. The monoisotopic (exact) mass is 284 g/mol. The van der Waals surface area contributed by atoms with Gasteiger partial charge in [-0.15, -0.1) is 0 Å². The van der Waals surface area contributed by atoms with Gasteiger partial charge in [0, 0.05) is 13.0 Å². The van der Waals surface area contributed by atoms with E-state index in [0.29, 0.717) is 12.3 Å². The van der Waals surface area contributed by atoms with Crippen LogP contribution < -0.4 is 0 Å². The smallest absolute Gasteiger partial charge is 0.0850 e. The van der Waals surface area contributed by atoms with E-state index in [9.17, 15) is 5.11 Å². The third kappa shape index (κ3) is 3.14. The number of aliphatic hydroxyl groups is 1. The van der Waals surface area contributed by atoms with Crippen LogP contribution in [0.15, 0.2) is 0 Å². The van der Waals surface area contributed by atoms with Crippen LogP contribution in [0.5, 0.6) is 0 Å². The minimum absolute atomic E-state index is 0.598. The van der Waals surface area contributed by atoms with Crippen molar-refractivity contribution in [2.24, 2.45) is 5.92 Å². The fourth-order valence-electron chi connectivity index (χ4n) is 3.29. The Morgan fingerprint density at radius 1 is 1.47 bits per heavy atom. The fraction of sp³-hybridized carbons (Fsp3) is 0.800. The van der Waals surface area contributed by atoms with Gasteiger partial charge in [0.25, 0.3) is 0 Å². The second kappa shape index (κ2) is 5.84. The van der Waals surface area contributed by atoms with Crippen molar-refractivity contribution in [3.8, 4) is 0 Å². The molecule has 4 heteroatoms. The SMILES string of the molecule is CCc1nn(CC)c(CC2(O)CCCC(C)C2)c1Cl. The van der Waals surface area contributed by atoms with Crippen molar-refractivity contribution in [1.82, 2.24) is 9.78 Å². The zero-order chi connectivity index (χ0) is 14.0. The van der Waals surface area contributed by atoms with Gasteiger partial charge in [0.2, 0.25) is 0 Å². The summed E-state index contributed by atoms with van der Waals surface area (Å²) in [6.45, 7) is 7.16. The van der Waals surface area contributed by atoms with Gasteiger partial charge in [0.1, 0.15) is 0 Å². The molecule has 0 radical (unpaired) electrons. The molecule has 1 heterocycles. The van der Waals surface area contributed by atoms with Crippen molar-refractivity contribution in [2.45, 2.75) is 71.4 Å². The summed E-state index contributed by atoms with van der Waals surface area (Å²) >= 11 is 6.43. The van der Waals surface area contributed by atoms with E-state index in [4.69, 9.17) is 11.6 Å². The molecular weight excluding hydrogens is 260 g/mol. The maximum atomic E-state index is 10.8. The zero-order valence-electron chi connectivity index (χ0n) is 12.2. The lowest BCUT2D eigenvalue weighted by Gasteiger charge is -2.35. The van der Waals surface area contributed by atoms with Gasteiger partial charge < -0.3 is 5.11 Å². The lowest BCUT2D eigenvalue weighted by molar-refractivity contribution is -0.0139. The molecular formula is C15H25ClN2O. The molecule has 1 aromatic heterocycles. The Morgan fingerprint density at radius 3 is 2.79 bits per heavy atom. The number of rotatable bonds is 4. The third-order valence-corrected chi connectivity index (χ3v) is 4.69. The minimum atomic E-state index is -0.598. The maximum absolute atomic E-state index is 10.8. The molecule has 0 amide bonds. The molecule has 1 N–H and O–H groups in total. The average molecular weight is 285 g/mol. The summed E-state index contributed by atoms with van der Waals surface area (Å²) in [5.41, 5.74) is 1.36. The molecule has 0 aromatic carbocycles. The summed E-state index contributed by atoms with van der Waals surface area (Å²) in [5.74, 6) is 0.598. The van der Waals surface area contributed by atoms with Crippen LogP contribution in [0.25, 0.3) is 0 Å². The van der Waals surface area contributed by atoms with Gasteiger partial charge in [-0.2, -0.15) is 5.10 Å². The van der Waals surface area contributed by atoms with Crippen molar-refractivity contribution in [3.05, 3.63) is 16.4 Å². The molecule has 2 rings (SSSR count). The average Bonchev–Trinajstić information content (AvgIpc) is 2.65. The lowest BCUT2D eigenvalue weighted by Crippen LogP contribution is -2.37. The highest BCUT2D eigenvalue weighted by Crippen LogP contribution is 2.36. The maximum Gasteiger partial charge on any atom is 0.0850 e. The number of hydrogen-bond donors (Lipinski definition) is 1. The van der Waals surface area contributed by atoms with E-state index >= 15 is 0 Å². The van der Waals surface area contributed by atoms with Crippen molar-refractivity contribution in [3.63, 3.8) is 0 Å². The molecule has 1 saturated carbocycles. The zero-order valence-corrected chi connectivity index (χ0v) is 13.0. The van der Waals surface area contributed by atoms with Crippen LogP contribution in [0.3, 0.4) is 0 Å². The molecule has 0 bridgehead atoms. The summed E-state index contributed by atoms with van der Waals surface area (Å²) in [4.78, 5) is 0. The van der Waals surface area contributed by atoms with Crippen LogP contribution >= 0.6 is 11.6 Å². The van der Waals surface area contributed by atoms with Gasteiger partial charge in [0.15, 0.2) is 0 Å². The van der Waals surface area contributed by atoms with E-state index in [2.05, 4.69) is 25.9 Å². The Kier molecular flexibility index (Phi) is 4.57. The number of aryl methyl sites for hydroxylation is 2. The molecule has 0 spiro atoms. The predicted octanol–water partition coefficient (Wildman–Crippen LogP) is 3.60. The number of hydrogen-bond acceptors (Lipinski definition) is 2. The summed E-state index contributed by atoms with van der Waals surface area (Å²) in [5, 5.41) is 16.1. The molecule has 1 fully saturated rings. The van der Waals surface area contributed by atoms with Crippen LogP contribution in [-0.4, -0.2) is 20.5 Å². The van der Waals surface area contributed by atoms with Crippen LogP contribution in [-0.2, 0) is 19.4 Å². The second-order valence-electron chi connectivity index (χ2n) is 5.98. The van der Waals surface area contributed by atoms with Gasteiger partial charge in [0.05, 0.1) is 22.0 Å². The van der Waals surface area contributed by atoms with Gasteiger partial charge in [-0.25, -0.2) is 0 Å². The minimum Gasteiger partial charge on any atom is -0.389 e. The molecule has 2 unspecified atom stereocenters.